The molecule has 4 aromatic rings. The van der Waals surface area contributed by atoms with Crippen LogP contribution in [0, 0.1) is 11.5 Å². The standard InChI is InChI=1S/C26H25N7S/c1-34-24-23(18-11-19-8-9-20(12-18)32(19)15-27)31-26-21(14-30-33(26)25(24)28)17-7-10-22(29-13-17)16-5-3-2-4-6-16/h2-7,10,13-14,18-20H,8-9,11-12,28H2,1H3/t18?,19-,20?/m1/s1. The highest BCUT2D eigenvalue weighted by Gasteiger charge is 2.42. The molecule has 170 valence electrons. The molecular formula is C26H25N7S. The molecule has 6 rings (SSSR count). The molecule has 8 heteroatoms. The Balaban J connectivity index is 1.41. The monoisotopic (exact) mass is 467 g/mol. The Bertz CT molecular complexity index is 1380. The zero-order valence-corrected chi connectivity index (χ0v) is 19.7. The molecule has 0 saturated carbocycles. The highest BCUT2D eigenvalue weighted by atomic mass is 32.2. The minimum Gasteiger partial charge on any atom is -0.383 e. The average Bonchev–Trinajstić information content (AvgIpc) is 3.42. The second-order valence-electron chi connectivity index (χ2n) is 9.07. The summed E-state index contributed by atoms with van der Waals surface area (Å²) in [5.74, 6) is 0.917. The van der Waals surface area contributed by atoms with Crippen LogP contribution in [-0.4, -0.2) is 42.8 Å². The van der Waals surface area contributed by atoms with Crippen LogP contribution in [0.25, 0.3) is 28.0 Å². The van der Waals surface area contributed by atoms with Gasteiger partial charge < -0.3 is 10.6 Å². The molecule has 34 heavy (non-hydrogen) atoms. The van der Waals surface area contributed by atoms with Crippen LogP contribution in [0.2, 0.25) is 0 Å². The van der Waals surface area contributed by atoms with Gasteiger partial charge in [0.25, 0.3) is 0 Å². The van der Waals surface area contributed by atoms with E-state index in [2.05, 4.69) is 34.5 Å². The first-order valence-corrected chi connectivity index (χ1v) is 12.8. The number of anilines is 1. The third-order valence-corrected chi connectivity index (χ3v) is 8.07. The number of benzene rings is 1. The summed E-state index contributed by atoms with van der Waals surface area (Å²) in [7, 11) is 0. The van der Waals surface area contributed by atoms with E-state index in [1.54, 1.807) is 16.3 Å². The molecule has 2 bridgehead atoms. The van der Waals surface area contributed by atoms with Gasteiger partial charge in [0.2, 0.25) is 0 Å². The predicted molar refractivity (Wildman–Crippen MR) is 134 cm³/mol. The smallest absolute Gasteiger partial charge is 0.179 e. The van der Waals surface area contributed by atoms with E-state index < -0.39 is 0 Å². The average molecular weight is 468 g/mol. The predicted octanol–water partition coefficient (Wildman–Crippen LogP) is 4.95. The molecule has 0 spiro atoms. The van der Waals surface area contributed by atoms with E-state index in [0.717, 1.165) is 64.3 Å². The summed E-state index contributed by atoms with van der Waals surface area (Å²) in [4.78, 5) is 12.9. The van der Waals surface area contributed by atoms with Gasteiger partial charge in [0.1, 0.15) is 5.82 Å². The number of nitrogens with two attached hydrogens (primary N) is 1. The van der Waals surface area contributed by atoms with Crippen molar-refractivity contribution in [2.45, 2.75) is 48.6 Å². The zero-order chi connectivity index (χ0) is 23.2. The summed E-state index contributed by atoms with van der Waals surface area (Å²) in [5, 5.41) is 14.1. The van der Waals surface area contributed by atoms with E-state index in [4.69, 9.17) is 10.7 Å². The lowest BCUT2D eigenvalue weighted by Gasteiger charge is -2.35. The van der Waals surface area contributed by atoms with Gasteiger partial charge in [0, 0.05) is 40.9 Å². The summed E-state index contributed by atoms with van der Waals surface area (Å²) in [6.07, 6.45) is 12.2. The fourth-order valence-electron chi connectivity index (χ4n) is 5.60. The SMILES string of the molecule is CSc1c(C2CC3CC[C@H](C2)N3C#N)nc2c(-c3ccc(-c4ccccc4)nc3)cnn2c1N. The van der Waals surface area contributed by atoms with Crippen LogP contribution in [0.1, 0.15) is 37.3 Å². The number of rotatable bonds is 4. The fraction of sp³-hybridized carbons (Fsp3) is 0.308. The van der Waals surface area contributed by atoms with Gasteiger partial charge in [0.05, 0.1) is 22.5 Å². The Morgan fingerprint density at radius 2 is 1.79 bits per heavy atom. The van der Waals surface area contributed by atoms with E-state index in [-0.39, 0.29) is 5.92 Å². The number of hydrogen-bond acceptors (Lipinski definition) is 7. The van der Waals surface area contributed by atoms with Gasteiger partial charge in [-0.25, -0.2) is 4.98 Å². The quantitative estimate of drug-likeness (QED) is 0.335. The summed E-state index contributed by atoms with van der Waals surface area (Å²) < 4.78 is 1.74. The highest BCUT2D eigenvalue weighted by molar-refractivity contribution is 7.98. The number of fused-ring (bicyclic) bond motifs is 3. The molecule has 2 unspecified atom stereocenters. The van der Waals surface area contributed by atoms with Crippen molar-refractivity contribution in [2.24, 2.45) is 0 Å². The second kappa shape index (κ2) is 8.33. The van der Waals surface area contributed by atoms with Crippen molar-refractivity contribution in [2.75, 3.05) is 12.0 Å². The lowest BCUT2D eigenvalue weighted by atomic mass is 9.88. The Hall–Kier alpha value is -3.57. The second-order valence-corrected chi connectivity index (χ2v) is 9.88. The number of hydrogen-bond donors (Lipinski definition) is 1. The molecule has 2 fully saturated rings. The number of nitrogens with zero attached hydrogens (tertiary/aromatic N) is 6. The fourth-order valence-corrected chi connectivity index (χ4v) is 6.32. The molecule has 2 aliphatic rings. The molecule has 0 radical (unpaired) electrons. The minimum absolute atomic E-state index is 0.290. The molecular weight excluding hydrogens is 442 g/mol. The van der Waals surface area contributed by atoms with Crippen molar-refractivity contribution in [1.82, 2.24) is 24.5 Å². The van der Waals surface area contributed by atoms with E-state index in [9.17, 15) is 5.26 Å². The van der Waals surface area contributed by atoms with Gasteiger partial charge in [-0.05, 0) is 38.0 Å². The number of aromatic nitrogens is 4. The van der Waals surface area contributed by atoms with Crippen LogP contribution in [0.3, 0.4) is 0 Å². The molecule has 2 N–H and O–H groups in total. The minimum atomic E-state index is 0.290. The van der Waals surface area contributed by atoms with E-state index in [1.807, 2.05) is 47.8 Å². The molecule has 5 heterocycles. The molecule has 2 saturated heterocycles. The van der Waals surface area contributed by atoms with Crippen LogP contribution in [0.4, 0.5) is 5.82 Å². The molecule has 1 aromatic carbocycles. The Kier molecular flexibility index (Phi) is 5.15. The summed E-state index contributed by atoms with van der Waals surface area (Å²) in [5.41, 5.74) is 12.3. The van der Waals surface area contributed by atoms with E-state index in [0.29, 0.717) is 17.9 Å². The summed E-state index contributed by atoms with van der Waals surface area (Å²) in [6.45, 7) is 0. The van der Waals surface area contributed by atoms with Gasteiger partial charge >= 0.3 is 0 Å². The number of nitriles is 1. The maximum Gasteiger partial charge on any atom is 0.179 e. The van der Waals surface area contributed by atoms with Crippen LogP contribution in [-0.2, 0) is 0 Å². The van der Waals surface area contributed by atoms with Crippen molar-refractivity contribution in [1.29, 1.82) is 5.26 Å². The van der Waals surface area contributed by atoms with Crippen LogP contribution in [0.15, 0.2) is 59.8 Å². The molecule has 3 aromatic heterocycles. The van der Waals surface area contributed by atoms with Crippen molar-refractivity contribution in [3.8, 4) is 28.6 Å². The van der Waals surface area contributed by atoms with E-state index in [1.165, 1.54) is 0 Å². The van der Waals surface area contributed by atoms with Gasteiger partial charge in [0.15, 0.2) is 11.8 Å². The van der Waals surface area contributed by atoms with Crippen LogP contribution < -0.4 is 5.73 Å². The first-order valence-electron chi connectivity index (χ1n) is 11.6. The lowest BCUT2D eigenvalue weighted by molar-refractivity contribution is 0.195. The van der Waals surface area contributed by atoms with Crippen LogP contribution in [0.5, 0.6) is 0 Å². The first kappa shape index (κ1) is 21.0. The third-order valence-electron chi connectivity index (χ3n) is 7.25. The first-order chi connectivity index (χ1) is 16.7. The maximum absolute atomic E-state index is 9.56. The molecule has 0 amide bonds. The number of thioether (sulfide) groups is 1. The number of piperidine rings is 1. The van der Waals surface area contributed by atoms with E-state index >= 15 is 0 Å². The maximum atomic E-state index is 9.56. The number of nitrogen functional groups attached to an aromatic ring is 1. The van der Waals surface area contributed by atoms with Crippen LogP contribution >= 0.6 is 11.8 Å². The highest BCUT2D eigenvalue weighted by Crippen LogP contribution is 2.45. The number of pyridine rings is 1. The van der Waals surface area contributed by atoms with Crippen molar-refractivity contribution in [3.05, 3.63) is 60.6 Å². The Morgan fingerprint density at radius 3 is 2.44 bits per heavy atom. The summed E-state index contributed by atoms with van der Waals surface area (Å²) >= 11 is 1.63. The van der Waals surface area contributed by atoms with Crippen molar-refractivity contribution in [3.63, 3.8) is 0 Å². The third kappa shape index (κ3) is 3.31. The van der Waals surface area contributed by atoms with Gasteiger partial charge in [-0.3, -0.25) is 4.98 Å². The summed E-state index contributed by atoms with van der Waals surface area (Å²) in [6, 6.07) is 14.9. The zero-order valence-electron chi connectivity index (χ0n) is 18.9. The van der Waals surface area contributed by atoms with Gasteiger partial charge in [-0.15, -0.1) is 11.8 Å². The Morgan fingerprint density at radius 1 is 1.03 bits per heavy atom. The van der Waals surface area contributed by atoms with Crippen molar-refractivity contribution >= 4 is 23.2 Å². The Labute approximate surface area is 202 Å². The lowest BCUT2D eigenvalue weighted by Crippen LogP contribution is -2.39. The van der Waals surface area contributed by atoms with Gasteiger partial charge in [-0.1, -0.05) is 36.4 Å². The topological polar surface area (TPSA) is 96.1 Å². The molecule has 0 aliphatic carbocycles. The van der Waals surface area contributed by atoms with Crippen molar-refractivity contribution < 1.29 is 0 Å². The normalized spacial score (nSPS) is 21.6. The molecule has 7 nitrogen and oxygen atoms in total. The van der Waals surface area contributed by atoms with Gasteiger partial charge in [-0.2, -0.15) is 14.9 Å². The largest absolute Gasteiger partial charge is 0.383 e. The molecule has 2 aliphatic heterocycles. The molecule has 3 atom stereocenters.